The number of amides is 1. The van der Waals surface area contributed by atoms with Gasteiger partial charge in [-0.15, -0.1) is 0 Å². The monoisotopic (exact) mass is 392 g/mol. The van der Waals surface area contributed by atoms with Crippen LogP contribution in [-0.4, -0.2) is 49.0 Å². The molecular formula is C21H24N6O2. The lowest BCUT2D eigenvalue weighted by atomic mass is 9.90. The third kappa shape index (κ3) is 3.87. The Kier molecular flexibility index (Phi) is 5.59. The summed E-state index contributed by atoms with van der Waals surface area (Å²) in [6.07, 6.45) is 10.1. The SMILES string of the molecule is CCC(CC)C(=O)N1C[C@@H](c2cccnc2)[C@H](c2nc(-c3cnccn3)no2)C1. The van der Waals surface area contributed by atoms with Crippen LogP contribution in [0.2, 0.25) is 0 Å². The van der Waals surface area contributed by atoms with Crippen molar-refractivity contribution in [3.05, 3.63) is 54.6 Å². The van der Waals surface area contributed by atoms with E-state index < -0.39 is 0 Å². The lowest BCUT2D eigenvalue weighted by Gasteiger charge is -2.21. The molecule has 3 aromatic rings. The summed E-state index contributed by atoms with van der Waals surface area (Å²) in [5.41, 5.74) is 1.62. The largest absolute Gasteiger partial charge is 0.341 e. The molecule has 1 saturated heterocycles. The molecule has 3 aromatic heterocycles. The zero-order valence-electron chi connectivity index (χ0n) is 16.6. The Balaban J connectivity index is 1.64. The van der Waals surface area contributed by atoms with Gasteiger partial charge in [0.15, 0.2) is 0 Å². The number of carbonyl (C=O) groups is 1. The van der Waals surface area contributed by atoms with Gasteiger partial charge in [0, 0.05) is 49.7 Å². The van der Waals surface area contributed by atoms with Crippen LogP contribution in [0.4, 0.5) is 0 Å². The Morgan fingerprint density at radius 2 is 1.93 bits per heavy atom. The highest BCUT2D eigenvalue weighted by Crippen LogP contribution is 2.40. The van der Waals surface area contributed by atoms with Crippen molar-refractivity contribution in [2.75, 3.05) is 13.1 Å². The summed E-state index contributed by atoms with van der Waals surface area (Å²) in [6.45, 7) is 5.29. The first-order chi connectivity index (χ1) is 14.2. The number of hydrogen-bond acceptors (Lipinski definition) is 7. The van der Waals surface area contributed by atoms with E-state index in [-0.39, 0.29) is 23.7 Å². The lowest BCUT2D eigenvalue weighted by molar-refractivity contribution is -0.134. The number of likely N-dealkylation sites (tertiary alicyclic amines) is 1. The van der Waals surface area contributed by atoms with Crippen LogP contribution in [0.1, 0.15) is 50.0 Å². The van der Waals surface area contributed by atoms with Crippen molar-refractivity contribution in [3.8, 4) is 11.5 Å². The highest BCUT2D eigenvalue weighted by atomic mass is 16.5. The summed E-state index contributed by atoms with van der Waals surface area (Å²) in [5, 5.41) is 4.09. The average Bonchev–Trinajstić information content (AvgIpc) is 3.43. The summed E-state index contributed by atoms with van der Waals surface area (Å²) in [7, 11) is 0. The minimum absolute atomic E-state index is 0.0427. The highest BCUT2D eigenvalue weighted by molar-refractivity contribution is 5.79. The molecule has 29 heavy (non-hydrogen) atoms. The number of pyridine rings is 1. The van der Waals surface area contributed by atoms with Gasteiger partial charge in [-0.1, -0.05) is 25.1 Å². The van der Waals surface area contributed by atoms with Gasteiger partial charge in [0.2, 0.25) is 17.6 Å². The van der Waals surface area contributed by atoms with Crippen LogP contribution in [0.25, 0.3) is 11.5 Å². The van der Waals surface area contributed by atoms with Gasteiger partial charge in [0.05, 0.1) is 12.1 Å². The normalized spacial score (nSPS) is 19.1. The van der Waals surface area contributed by atoms with Gasteiger partial charge in [-0.25, -0.2) is 4.98 Å². The fraction of sp³-hybridized carbons (Fsp3) is 0.429. The van der Waals surface area contributed by atoms with Crippen molar-refractivity contribution in [2.45, 2.75) is 38.5 Å². The fourth-order valence-electron chi connectivity index (χ4n) is 3.97. The van der Waals surface area contributed by atoms with Gasteiger partial charge in [0.1, 0.15) is 5.69 Å². The number of hydrogen-bond donors (Lipinski definition) is 0. The molecule has 150 valence electrons. The van der Waals surface area contributed by atoms with E-state index in [0.717, 1.165) is 18.4 Å². The van der Waals surface area contributed by atoms with Gasteiger partial charge in [-0.3, -0.25) is 14.8 Å². The van der Waals surface area contributed by atoms with Gasteiger partial charge < -0.3 is 9.42 Å². The van der Waals surface area contributed by atoms with Crippen molar-refractivity contribution in [3.63, 3.8) is 0 Å². The Bertz CT molecular complexity index is 942. The predicted octanol–water partition coefficient (Wildman–Crippen LogP) is 3.07. The molecule has 0 aliphatic carbocycles. The Morgan fingerprint density at radius 3 is 2.62 bits per heavy atom. The number of aromatic nitrogens is 5. The Labute approximate surface area is 169 Å². The van der Waals surface area contributed by atoms with Crippen LogP contribution < -0.4 is 0 Å². The zero-order chi connectivity index (χ0) is 20.2. The maximum Gasteiger partial charge on any atom is 0.232 e. The van der Waals surface area contributed by atoms with E-state index in [1.165, 1.54) is 0 Å². The molecule has 0 spiro atoms. The number of rotatable bonds is 6. The van der Waals surface area contributed by atoms with Crippen molar-refractivity contribution >= 4 is 5.91 Å². The minimum atomic E-state index is -0.0876. The van der Waals surface area contributed by atoms with Gasteiger partial charge in [0.25, 0.3) is 0 Å². The number of nitrogens with zero attached hydrogens (tertiary/aromatic N) is 6. The smallest absolute Gasteiger partial charge is 0.232 e. The average molecular weight is 392 g/mol. The van der Waals surface area contributed by atoms with Gasteiger partial charge in [-0.05, 0) is 24.5 Å². The number of carbonyl (C=O) groups excluding carboxylic acids is 1. The van der Waals surface area contributed by atoms with Crippen LogP contribution >= 0.6 is 0 Å². The Hall–Kier alpha value is -3.16. The molecule has 1 amide bonds. The second-order valence-corrected chi connectivity index (χ2v) is 7.30. The van der Waals surface area contributed by atoms with E-state index in [9.17, 15) is 4.79 Å². The molecule has 1 fully saturated rings. The van der Waals surface area contributed by atoms with Gasteiger partial charge in [-0.2, -0.15) is 4.98 Å². The molecule has 0 radical (unpaired) electrons. The molecule has 1 aliphatic rings. The second-order valence-electron chi connectivity index (χ2n) is 7.30. The van der Waals surface area contributed by atoms with Crippen LogP contribution in [0.3, 0.4) is 0 Å². The standard InChI is InChI=1S/C21H24N6O2/c1-3-14(4-2)21(28)27-12-16(15-6-5-7-22-10-15)17(13-27)20-25-19(26-29-20)18-11-23-8-9-24-18/h5-11,14,16-17H,3-4,12-13H2,1-2H3/t16-,17+/m0/s1. The molecule has 8 heteroatoms. The molecule has 0 unspecified atom stereocenters. The van der Waals surface area contributed by atoms with Crippen molar-refractivity contribution in [1.82, 2.24) is 30.0 Å². The zero-order valence-corrected chi connectivity index (χ0v) is 16.6. The summed E-state index contributed by atoms with van der Waals surface area (Å²) in [6, 6.07) is 3.95. The molecule has 0 N–H and O–H groups in total. The summed E-state index contributed by atoms with van der Waals surface area (Å²) in [4.78, 5) is 32.1. The topological polar surface area (TPSA) is 97.9 Å². The van der Waals surface area contributed by atoms with Crippen molar-refractivity contribution in [2.24, 2.45) is 5.92 Å². The summed E-state index contributed by atoms with van der Waals surface area (Å²) >= 11 is 0. The van der Waals surface area contributed by atoms with Crippen LogP contribution in [-0.2, 0) is 4.79 Å². The van der Waals surface area contributed by atoms with Crippen LogP contribution in [0.15, 0.2) is 47.6 Å². The molecule has 0 bridgehead atoms. The molecular weight excluding hydrogens is 368 g/mol. The molecule has 2 atom stereocenters. The van der Waals surface area contributed by atoms with E-state index in [4.69, 9.17) is 4.52 Å². The first kappa shape index (κ1) is 19.2. The maximum absolute atomic E-state index is 13.0. The third-order valence-corrected chi connectivity index (χ3v) is 5.63. The molecule has 4 rings (SSSR count). The fourth-order valence-corrected chi connectivity index (χ4v) is 3.97. The van der Waals surface area contributed by atoms with E-state index in [1.807, 2.05) is 23.2 Å². The first-order valence-electron chi connectivity index (χ1n) is 9.99. The summed E-state index contributed by atoms with van der Waals surface area (Å²) in [5.74, 6) is 1.12. The predicted molar refractivity (Wildman–Crippen MR) is 106 cm³/mol. The highest BCUT2D eigenvalue weighted by Gasteiger charge is 2.41. The molecule has 8 nitrogen and oxygen atoms in total. The molecule has 0 saturated carbocycles. The molecule has 4 heterocycles. The second kappa shape index (κ2) is 8.46. The van der Waals surface area contributed by atoms with Crippen LogP contribution in [0, 0.1) is 5.92 Å². The van der Waals surface area contributed by atoms with E-state index in [0.29, 0.717) is 30.5 Å². The van der Waals surface area contributed by atoms with E-state index >= 15 is 0 Å². The minimum Gasteiger partial charge on any atom is -0.341 e. The van der Waals surface area contributed by atoms with Gasteiger partial charge >= 0.3 is 0 Å². The Morgan fingerprint density at radius 1 is 1.14 bits per heavy atom. The molecule has 1 aliphatic heterocycles. The van der Waals surface area contributed by atoms with Crippen LogP contribution in [0.5, 0.6) is 0 Å². The van der Waals surface area contributed by atoms with Crippen molar-refractivity contribution in [1.29, 1.82) is 0 Å². The lowest BCUT2D eigenvalue weighted by Crippen LogP contribution is -2.34. The first-order valence-corrected chi connectivity index (χ1v) is 9.99. The summed E-state index contributed by atoms with van der Waals surface area (Å²) < 4.78 is 5.61. The van der Waals surface area contributed by atoms with Crippen molar-refractivity contribution < 1.29 is 9.32 Å². The third-order valence-electron chi connectivity index (χ3n) is 5.63. The molecule has 0 aromatic carbocycles. The maximum atomic E-state index is 13.0. The van der Waals surface area contributed by atoms with E-state index in [2.05, 4.69) is 38.9 Å². The van der Waals surface area contributed by atoms with E-state index in [1.54, 1.807) is 24.8 Å². The quantitative estimate of drug-likeness (QED) is 0.636.